The van der Waals surface area contributed by atoms with E-state index in [1.807, 2.05) is 6.92 Å². The van der Waals surface area contributed by atoms with Gasteiger partial charge in [-0.3, -0.25) is 19.5 Å². The van der Waals surface area contributed by atoms with Crippen LogP contribution in [0, 0.1) is 0 Å². The van der Waals surface area contributed by atoms with Crippen LogP contribution in [0.2, 0.25) is 0 Å². The predicted molar refractivity (Wildman–Crippen MR) is 153 cm³/mol. The average molecular weight is 617 g/mol. The van der Waals surface area contributed by atoms with Crippen molar-refractivity contribution in [2.45, 2.75) is 49.7 Å². The number of primary amides is 1. The smallest absolute Gasteiger partial charge is 0.236 e. The molecule has 5 rings (SSSR count). The molecule has 2 fully saturated rings. The summed E-state index contributed by atoms with van der Waals surface area (Å²) in [5.41, 5.74) is 6.33. The summed E-state index contributed by atoms with van der Waals surface area (Å²) in [6, 6.07) is 4.94. The number of hydrogen-bond donors (Lipinski definition) is 2. The number of nitrogens with two attached hydrogens (primary N) is 1. The molecule has 1 aliphatic carbocycles. The zero-order valence-corrected chi connectivity index (χ0v) is 24.8. The molecule has 3 aromatic heterocycles. The van der Waals surface area contributed by atoms with E-state index in [2.05, 4.69) is 29.6 Å². The number of piperidine rings is 1. The van der Waals surface area contributed by atoms with Crippen LogP contribution in [0.5, 0.6) is 5.88 Å². The van der Waals surface area contributed by atoms with Crippen molar-refractivity contribution in [2.24, 2.45) is 5.73 Å². The fourth-order valence-corrected chi connectivity index (χ4v) is 7.52. The Morgan fingerprint density at radius 3 is 2.52 bits per heavy atom. The molecule has 16 heteroatoms. The van der Waals surface area contributed by atoms with Gasteiger partial charge in [-0.15, -0.1) is 0 Å². The van der Waals surface area contributed by atoms with E-state index >= 15 is 0 Å². The molecular formula is C26H32N8O6S2. The van der Waals surface area contributed by atoms with Crippen molar-refractivity contribution >= 4 is 31.9 Å². The topological polar surface area (TPSA) is 200 Å². The van der Waals surface area contributed by atoms with E-state index in [4.69, 9.17) is 10.5 Å². The zero-order valence-electron chi connectivity index (χ0n) is 23.2. The number of ether oxygens (including phenoxy) is 1. The Labute approximate surface area is 244 Å². The fraction of sp³-hybridized carbons (Fsp3) is 0.462. The van der Waals surface area contributed by atoms with Gasteiger partial charge in [0.15, 0.2) is 0 Å². The number of pyridine rings is 1. The molecule has 0 bridgehead atoms. The number of sulfonamides is 2. The van der Waals surface area contributed by atoms with Crippen molar-refractivity contribution in [3.63, 3.8) is 0 Å². The van der Waals surface area contributed by atoms with E-state index < -0.39 is 42.5 Å². The van der Waals surface area contributed by atoms with Crippen molar-refractivity contribution in [1.82, 2.24) is 29.2 Å². The maximum atomic E-state index is 13.4. The van der Waals surface area contributed by atoms with E-state index in [1.165, 1.54) is 29.7 Å². The van der Waals surface area contributed by atoms with Crippen molar-refractivity contribution in [3.05, 3.63) is 54.4 Å². The van der Waals surface area contributed by atoms with Crippen LogP contribution in [0.1, 0.15) is 50.4 Å². The summed E-state index contributed by atoms with van der Waals surface area (Å²) in [6.45, 7) is 3.71. The van der Waals surface area contributed by atoms with Crippen molar-refractivity contribution < 1.29 is 26.4 Å². The molecule has 1 amide bonds. The highest BCUT2D eigenvalue weighted by molar-refractivity contribution is 7.92. The number of anilines is 1. The first-order chi connectivity index (χ1) is 20.0. The third-order valence-electron chi connectivity index (χ3n) is 7.57. The highest BCUT2D eigenvalue weighted by Crippen LogP contribution is 2.46. The molecule has 1 aliphatic heterocycles. The third-order valence-corrected chi connectivity index (χ3v) is 11.2. The van der Waals surface area contributed by atoms with E-state index in [0.29, 0.717) is 42.3 Å². The van der Waals surface area contributed by atoms with Crippen molar-refractivity contribution in [2.75, 3.05) is 30.2 Å². The normalized spacial score (nSPS) is 21.5. The molecule has 3 aromatic rings. The van der Waals surface area contributed by atoms with E-state index in [9.17, 15) is 21.6 Å². The molecule has 0 radical (unpaired) electrons. The monoisotopic (exact) mass is 616 g/mol. The molecule has 4 heterocycles. The van der Waals surface area contributed by atoms with Gasteiger partial charge in [-0.25, -0.2) is 36.1 Å². The highest BCUT2D eigenvalue weighted by atomic mass is 32.2. The summed E-state index contributed by atoms with van der Waals surface area (Å²) in [7, 11) is -7.29. The van der Waals surface area contributed by atoms with Gasteiger partial charge >= 0.3 is 0 Å². The number of aromatic nitrogens is 5. The molecular weight excluding hydrogens is 584 g/mol. The lowest BCUT2D eigenvalue weighted by Gasteiger charge is -2.44. The SMILES string of the molecule is CCOc1cncc(-c2ccc(C3CN(S(=O)(=O)C4CC4)CCC3(C(N)=O)c3ccnc(NS(=O)(=O)CC)n3)nc2)n1. The molecule has 0 aromatic carbocycles. The number of rotatable bonds is 11. The van der Waals surface area contributed by atoms with Gasteiger partial charge in [0.25, 0.3) is 0 Å². The number of carbonyl (C=O) groups is 1. The van der Waals surface area contributed by atoms with Crippen LogP contribution < -0.4 is 15.2 Å². The molecule has 3 N–H and O–H groups in total. The summed E-state index contributed by atoms with van der Waals surface area (Å²) in [6.07, 6.45) is 7.17. The van der Waals surface area contributed by atoms with Crippen LogP contribution in [-0.2, 0) is 30.3 Å². The molecule has 1 saturated carbocycles. The van der Waals surface area contributed by atoms with Crippen molar-refractivity contribution in [3.8, 4) is 17.1 Å². The number of nitrogens with zero attached hydrogens (tertiary/aromatic N) is 6. The Morgan fingerprint density at radius 2 is 1.88 bits per heavy atom. The average Bonchev–Trinajstić information content (AvgIpc) is 3.84. The summed E-state index contributed by atoms with van der Waals surface area (Å²) >= 11 is 0. The van der Waals surface area contributed by atoms with Gasteiger partial charge in [0.05, 0.1) is 41.4 Å². The summed E-state index contributed by atoms with van der Waals surface area (Å²) in [5.74, 6) is -1.62. The molecule has 0 spiro atoms. The van der Waals surface area contributed by atoms with Gasteiger partial charge in [0, 0.05) is 42.7 Å². The van der Waals surface area contributed by atoms with E-state index in [1.54, 1.807) is 24.5 Å². The minimum absolute atomic E-state index is 0.0151. The molecule has 42 heavy (non-hydrogen) atoms. The van der Waals surface area contributed by atoms with Gasteiger partial charge in [0.1, 0.15) is 5.41 Å². The first-order valence-electron chi connectivity index (χ1n) is 13.5. The first-order valence-corrected chi connectivity index (χ1v) is 16.7. The number of hydrogen-bond acceptors (Lipinski definition) is 11. The lowest BCUT2D eigenvalue weighted by Crippen LogP contribution is -2.57. The maximum Gasteiger partial charge on any atom is 0.236 e. The molecule has 2 aliphatic rings. The Bertz CT molecular complexity index is 1680. The minimum atomic E-state index is -3.71. The lowest BCUT2D eigenvalue weighted by atomic mass is 9.66. The second kappa shape index (κ2) is 11.5. The fourth-order valence-electron chi connectivity index (χ4n) is 5.14. The van der Waals surface area contributed by atoms with E-state index in [0.717, 1.165) is 0 Å². The lowest BCUT2D eigenvalue weighted by molar-refractivity contribution is -0.126. The molecule has 14 nitrogen and oxygen atoms in total. The van der Waals surface area contributed by atoms with E-state index in [-0.39, 0.29) is 36.9 Å². The van der Waals surface area contributed by atoms with Gasteiger partial charge in [-0.1, -0.05) is 0 Å². The van der Waals surface area contributed by atoms with Crippen LogP contribution >= 0.6 is 0 Å². The van der Waals surface area contributed by atoms with Gasteiger partial charge < -0.3 is 10.5 Å². The third kappa shape index (κ3) is 5.78. The Balaban J connectivity index is 1.58. The second-order valence-electron chi connectivity index (χ2n) is 10.2. The first kappa shape index (κ1) is 29.7. The highest BCUT2D eigenvalue weighted by Gasteiger charge is 2.54. The number of nitrogens with one attached hydrogen (secondary N) is 1. The molecule has 2 unspecified atom stereocenters. The molecule has 224 valence electrons. The summed E-state index contributed by atoms with van der Waals surface area (Å²) in [5, 5.41) is -0.445. The number of amides is 1. The standard InChI is InChI=1S/C26H32N8O6S2/c1-3-40-23-15-28-14-21(31-23)17-5-8-20(30-13-17)19-16-34(42(38,39)18-6-7-18)12-10-26(19,24(27)35)22-9-11-29-25(32-22)33-41(36,37)4-2/h5,8-9,11,13-15,18-19H,3-4,6-7,10,12,16H2,1-2H3,(H2,27,35)(H,29,32,33). The quantitative estimate of drug-likeness (QED) is 0.313. The van der Waals surface area contributed by atoms with Crippen LogP contribution in [-0.4, -0.2) is 82.7 Å². The summed E-state index contributed by atoms with van der Waals surface area (Å²) in [4.78, 5) is 35.0. The minimum Gasteiger partial charge on any atom is -0.477 e. The van der Waals surface area contributed by atoms with Crippen LogP contribution in [0.25, 0.3) is 11.3 Å². The largest absolute Gasteiger partial charge is 0.477 e. The molecule has 2 atom stereocenters. The Morgan fingerprint density at radius 1 is 1.10 bits per heavy atom. The Kier molecular flexibility index (Phi) is 8.13. The number of carbonyl (C=O) groups excluding carboxylic acids is 1. The Hall–Kier alpha value is -3.76. The van der Waals surface area contributed by atoms with Crippen LogP contribution in [0.3, 0.4) is 0 Å². The maximum absolute atomic E-state index is 13.4. The van der Waals surface area contributed by atoms with Crippen LogP contribution in [0.4, 0.5) is 5.95 Å². The second-order valence-corrected chi connectivity index (χ2v) is 14.4. The van der Waals surface area contributed by atoms with Gasteiger partial charge in [-0.05, 0) is 51.3 Å². The van der Waals surface area contributed by atoms with Gasteiger partial charge in [-0.2, -0.15) is 0 Å². The zero-order chi connectivity index (χ0) is 30.1. The van der Waals surface area contributed by atoms with Gasteiger partial charge in [0.2, 0.25) is 37.8 Å². The van der Waals surface area contributed by atoms with Crippen molar-refractivity contribution in [1.29, 1.82) is 0 Å². The predicted octanol–water partition coefficient (Wildman–Crippen LogP) is 1.19. The molecule has 1 saturated heterocycles. The van der Waals surface area contributed by atoms with Crippen LogP contribution in [0.15, 0.2) is 43.0 Å². The summed E-state index contributed by atoms with van der Waals surface area (Å²) < 4.78 is 60.1.